The minimum absolute atomic E-state index is 0.290. The molecule has 2 N–H and O–H groups in total. The number of hydrogen-bond acceptors (Lipinski definition) is 4. The second-order valence-corrected chi connectivity index (χ2v) is 4.49. The van der Waals surface area contributed by atoms with Crippen molar-refractivity contribution in [1.29, 1.82) is 0 Å². The maximum absolute atomic E-state index is 9.18. The predicted molar refractivity (Wildman–Crippen MR) is 56.5 cm³/mol. The van der Waals surface area contributed by atoms with Crippen molar-refractivity contribution < 1.29 is 14.6 Å². The van der Waals surface area contributed by atoms with Crippen LogP contribution in [-0.2, 0) is 9.47 Å². The molecule has 0 aromatic carbocycles. The SMILES string of the molecule is OCC1CCCC1NCC1CCOCO1. The van der Waals surface area contributed by atoms with E-state index in [-0.39, 0.29) is 0 Å². The summed E-state index contributed by atoms with van der Waals surface area (Å²) in [6.45, 7) is 2.44. The molecule has 15 heavy (non-hydrogen) atoms. The molecule has 2 rings (SSSR count). The molecular weight excluding hydrogens is 194 g/mol. The average molecular weight is 215 g/mol. The summed E-state index contributed by atoms with van der Waals surface area (Å²) in [5.41, 5.74) is 0. The van der Waals surface area contributed by atoms with E-state index in [1.165, 1.54) is 12.8 Å². The van der Waals surface area contributed by atoms with Gasteiger partial charge in [-0.2, -0.15) is 0 Å². The second kappa shape index (κ2) is 5.80. The van der Waals surface area contributed by atoms with Crippen LogP contribution in [0.4, 0.5) is 0 Å². The maximum Gasteiger partial charge on any atom is 0.147 e. The zero-order chi connectivity index (χ0) is 10.5. The zero-order valence-electron chi connectivity index (χ0n) is 9.15. The average Bonchev–Trinajstić information content (AvgIpc) is 2.75. The number of hydrogen-bond donors (Lipinski definition) is 2. The van der Waals surface area contributed by atoms with Gasteiger partial charge < -0.3 is 19.9 Å². The standard InChI is InChI=1S/C11H21NO3/c13-7-9-2-1-3-11(9)12-6-10-4-5-14-8-15-10/h9-13H,1-8H2. The molecule has 4 heteroatoms. The lowest BCUT2D eigenvalue weighted by atomic mass is 10.0. The van der Waals surface area contributed by atoms with Gasteiger partial charge in [0.2, 0.25) is 0 Å². The summed E-state index contributed by atoms with van der Waals surface area (Å²) in [5.74, 6) is 0.449. The van der Waals surface area contributed by atoms with Crippen LogP contribution in [0, 0.1) is 5.92 Å². The van der Waals surface area contributed by atoms with Gasteiger partial charge in [0.15, 0.2) is 0 Å². The van der Waals surface area contributed by atoms with E-state index in [1.54, 1.807) is 0 Å². The van der Waals surface area contributed by atoms with Gasteiger partial charge in [0, 0.05) is 19.2 Å². The highest BCUT2D eigenvalue weighted by atomic mass is 16.7. The van der Waals surface area contributed by atoms with E-state index in [0.29, 0.717) is 31.5 Å². The lowest BCUT2D eigenvalue weighted by molar-refractivity contribution is -0.137. The van der Waals surface area contributed by atoms with Crippen molar-refractivity contribution in [3.05, 3.63) is 0 Å². The van der Waals surface area contributed by atoms with Crippen LogP contribution in [0.5, 0.6) is 0 Å². The first-order chi connectivity index (χ1) is 7.40. The molecule has 1 aliphatic carbocycles. The van der Waals surface area contributed by atoms with E-state index in [0.717, 1.165) is 26.0 Å². The molecule has 0 aromatic rings. The van der Waals surface area contributed by atoms with E-state index >= 15 is 0 Å². The van der Waals surface area contributed by atoms with Gasteiger partial charge in [-0.15, -0.1) is 0 Å². The summed E-state index contributed by atoms with van der Waals surface area (Å²) in [7, 11) is 0. The largest absolute Gasteiger partial charge is 0.396 e. The highest BCUT2D eigenvalue weighted by Crippen LogP contribution is 2.25. The Hall–Kier alpha value is -0.160. The van der Waals surface area contributed by atoms with Crippen molar-refractivity contribution in [3.8, 4) is 0 Å². The van der Waals surface area contributed by atoms with Crippen LogP contribution in [-0.4, -0.2) is 43.8 Å². The fraction of sp³-hybridized carbons (Fsp3) is 1.00. The van der Waals surface area contributed by atoms with Gasteiger partial charge in [-0.3, -0.25) is 0 Å². The molecule has 0 aromatic heterocycles. The summed E-state index contributed by atoms with van der Waals surface area (Å²) in [6.07, 6.45) is 4.84. The van der Waals surface area contributed by atoms with Crippen LogP contribution in [0.2, 0.25) is 0 Å². The third-order valence-corrected chi connectivity index (χ3v) is 3.47. The Morgan fingerprint density at radius 1 is 1.27 bits per heavy atom. The summed E-state index contributed by atoms with van der Waals surface area (Å²) in [5, 5.41) is 12.7. The van der Waals surface area contributed by atoms with Crippen LogP contribution in [0.15, 0.2) is 0 Å². The van der Waals surface area contributed by atoms with Gasteiger partial charge in [0.25, 0.3) is 0 Å². The molecule has 3 atom stereocenters. The Labute approximate surface area is 90.9 Å². The first-order valence-electron chi connectivity index (χ1n) is 5.93. The molecule has 0 amide bonds. The molecule has 1 saturated heterocycles. The normalized spacial score (nSPS) is 37.0. The van der Waals surface area contributed by atoms with Gasteiger partial charge in [0.05, 0.1) is 12.7 Å². The van der Waals surface area contributed by atoms with E-state index in [9.17, 15) is 5.11 Å². The van der Waals surface area contributed by atoms with E-state index in [2.05, 4.69) is 5.32 Å². The number of nitrogens with one attached hydrogen (secondary N) is 1. The van der Waals surface area contributed by atoms with Gasteiger partial charge in [-0.1, -0.05) is 6.42 Å². The molecule has 1 aliphatic heterocycles. The highest BCUT2D eigenvalue weighted by Gasteiger charge is 2.27. The number of ether oxygens (including phenoxy) is 2. The molecular formula is C11H21NO3. The molecule has 2 aliphatic rings. The van der Waals surface area contributed by atoms with E-state index in [4.69, 9.17) is 9.47 Å². The number of aliphatic hydroxyl groups is 1. The van der Waals surface area contributed by atoms with Crippen molar-refractivity contribution in [2.24, 2.45) is 5.92 Å². The monoisotopic (exact) mass is 215 g/mol. The molecule has 0 bridgehead atoms. The summed E-state index contributed by atoms with van der Waals surface area (Å²) >= 11 is 0. The molecule has 0 radical (unpaired) electrons. The lowest BCUT2D eigenvalue weighted by Crippen LogP contribution is -2.41. The first-order valence-corrected chi connectivity index (χ1v) is 5.93. The maximum atomic E-state index is 9.18. The van der Waals surface area contributed by atoms with Crippen LogP contribution < -0.4 is 5.32 Å². The molecule has 0 spiro atoms. The van der Waals surface area contributed by atoms with Gasteiger partial charge in [-0.05, 0) is 25.2 Å². The number of rotatable bonds is 4. The number of aliphatic hydroxyl groups excluding tert-OH is 1. The first kappa shape index (κ1) is 11.3. The third kappa shape index (κ3) is 3.14. The molecule has 4 nitrogen and oxygen atoms in total. The van der Waals surface area contributed by atoms with Crippen molar-refractivity contribution in [1.82, 2.24) is 5.32 Å². The Bertz CT molecular complexity index is 183. The summed E-state index contributed by atoms with van der Waals surface area (Å²) < 4.78 is 10.6. The lowest BCUT2D eigenvalue weighted by Gasteiger charge is -2.26. The van der Waals surface area contributed by atoms with E-state index < -0.39 is 0 Å². The van der Waals surface area contributed by atoms with Crippen molar-refractivity contribution in [2.45, 2.75) is 37.8 Å². The summed E-state index contributed by atoms with van der Waals surface area (Å²) in [4.78, 5) is 0. The Morgan fingerprint density at radius 3 is 2.93 bits per heavy atom. The van der Waals surface area contributed by atoms with Crippen molar-refractivity contribution >= 4 is 0 Å². The van der Waals surface area contributed by atoms with Crippen LogP contribution in [0.3, 0.4) is 0 Å². The second-order valence-electron chi connectivity index (χ2n) is 4.49. The van der Waals surface area contributed by atoms with Gasteiger partial charge >= 0.3 is 0 Å². The minimum atomic E-state index is 0.290. The van der Waals surface area contributed by atoms with Crippen LogP contribution in [0.1, 0.15) is 25.7 Å². The van der Waals surface area contributed by atoms with Crippen LogP contribution in [0.25, 0.3) is 0 Å². The molecule has 1 saturated carbocycles. The van der Waals surface area contributed by atoms with Gasteiger partial charge in [-0.25, -0.2) is 0 Å². The fourth-order valence-corrected chi connectivity index (χ4v) is 2.47. The quantitative estimate of drug-likeness (QED) is 0.717. The topological polar surface area (TPSA) is 50.7 Å². The Morgan fingerprint density at radius 2 is 2.20 bits per heavy atom. The molecule has 2 fully saturated rings. The predicted octanol–water partition coefficient (Wildman–Crippen LogP) is 0.500. The van der Waals surface area contributed by atoms with Crippen molar-refractivity contribution in [3.63, 3.8) is 0 Å². The third-order valence-electron chi connectivity index (χ3n) is 3.47. The zero-order valence-corrected chi connectivity index (χ0v) is 9.15. The summed E-state index contributed by atoms with van der Waals surface area (Å²) in [6, 6.07) is 0.487. The molecule has 88 valence electrons. The van der Waals surface area contributed by atoms with Gasteiger partial charge in [0.1, 0.15) is 6.79 Å². The van der Waals surface area contributed by atoms with Crippen LogP contribution >= 0.6 is 0 Å². The molecule has 3 unspecified atom stereocenters. The smallest absolute Gasteiger partial charge is 0.147 e. The van der Waals surface area contributed by atoms with E-state index in [1.807, 2.05) is 0 Å². The van der Waals surface area contributed by atoms with Crippen molar-refractivity contribution in [2.75, 3.05) is 26.6 Å². The Kier molecular flexibility index (Phi) is 4.38. The molecule has 1 heterocycles. The highest BCUT2D eigenvalue weighted by molar-refractivity contribution is 4.83. The fourth-order valence-electron chi connectivity index (χ4n) is 2.47. The minimum Gasteiger partial charge on any atom is -0.396 e. The Balaban J connectivity index is 1.67.